The lowest BCUT2D eigenvalue weighted by molar-refractivity contribution is -0.358. The highest BCUT2D eigenvalue weighted by Crippen LogP contribution is 2.40. The van der Waals surface area contributed by atoms with Gasteiger partial charge in [-0.05, 0) is 18.2 Å². The highest BCUT2D eigenvalue weighted by atomic mass is 16.8. The van der Waals surface area contributed by atoms with Gasteiger partial charge in [-0.25, -0.2) is 0 Å². The summed E-state index contributed by atoms with van der Waals surface area (Å²) in [5.41, 5.74) is -1.13. The van der Waals surface area contributed by atoms with E-state index >= 15 is 0 Å². The van der Waals surface area contributed by atoms with E-state index in [1.54, 1.807) is 0 Å². The fourth-order valence-corrected chi connectivity index (χ4v) is 5.12. The van der Waals surface area contributed by atoms with E-state index in [9.17, 15) is 55.9 Å². The SMILES string of the molecule is COc1cc(O)cc2oc(-c3ccc(O)c(O)c3)c(O[C@@H]3O[C@H](CO)[C@@H](O)[C@H](O)[C@H]3O[C@@H]3O[C@H](CO)[C@@H](O)[C@H](O)[C@H]3O)c(=O)c12. The smallest absolute Gasteiger partial charge is 0.239 e. The second-order valence-electron chi connectivity index (χ2n) is 10.4. The number of phenols is 3. The Bertz CT molecular complexity index is 1570. The van der Waals surface area contributed by atoms with Gasteiger partial charge in [0, 0.05) is 17.7 Å². The normalized spacial score (nSPS) is 32.0. The fraction of sp³-hybridized carbons (Fsp3) is 0.464. The molecule has 2 aliphatic rings. The minimum atomic E-state index is -1.95. The van der Waals surface area contributed by atoms with E-state index in [2.05, 4.69) is 0 Å². The number of aromatic hydroxyl groups is 3. The number of fused-ring (bicyclic) bond motifs is 1. The lowest BCUT2D eigenvalue weighted by atomic mass is 9.97. The summed E-state index contributed by atoms with van der Waals surface area (Å²) in [5, 5.41) is 102. The van der Waals surface area contributed by atoms with Gasteiger partial charge >= 0.3 is 0 Å². The van der Waals surface area contributed by atoms with Crippen LogP contribution in [0.25, 0.3) is 22.3 Å². The Morgan fingerprint density at radius 1 is 0.778 bits per heavy atom. The molecule has 1 aromatic heterocycles. The summed E-state index contributed by atoms with van der Waals surface area (Å²) in [4.78, 5) is 14.0. The van der Waals surface area contributed by atoms with Gasteiger partial charge in [0.2, 0.25) is 17.5 Å². The van der Waals surface area contributed by atoms with E-state index in [1.807, 2.05) is 0 Å². The van der Waals surface area contributed by atoms with E-state index in [0.717, 1.165) is 24.3 Å². The van der Waals surface area contributed by atoms with E-state index in [0.29, 0.717) is 0 Å². The number of phenolic OH excluding ortho intramolecular Hbond substituents is 3. The zero-order valence-corrected chi connectivity index (χ0v) is 23.4. The van der Waals surface area contributed by atoms with Gasteiger partial charge in [-0.2, -0.15) is 0 Å². The van der Waals surface area contributed by atoms with Crippen molar-refractivity contribution in [2.24, 2.45) is 0 Å². The largest absolute Gasteiger partial charge is 0.508 e. The number of rotatable bonds is 8. The Hall–Kier alpha value is -3.75. The molecule has 0 aliphatic carbocycles. The number of aliphatic hydroxyl groups is 7. The Morgan fingerprint density at radius 2 is 1.42 bits per heavy atom. The lowest BCUT2D eigenvalue weighted by Crippen LogP contribution is -2.65. The topological polar surface area (TPSA) is 279 Å². The van der Waals surface area contributed by atoms with Crippen molar-refractivity contribution in [1.82, 2.24) is 0 Å². The second kappa shape index (κ2) is 12.9. The van der Waals surface area contributed by atoms with Crippen LogP contribution in [0.15, 0.2) is 39.5 Å². The summed E-state index contributed by atoms with van der Waals surface area (Å²) >= 11 is 0. The van der Waals surface area contributed by atoms with Gasteiger partial charge in [-0.3, -0.25) is 4.79 Å². The molecule has 246 valence electrons. The van der Waals surface area contributed by atoms with Gasteiger partial charge in [-0.15, -0.1) is 0 Å². The predicted octanol–water partition coefficient (Wildman–Crippen LogP) is -2.41. The van der Waals surface area contributed by atoms with Crippen LogP contribution in [0, 0.1) is 0 Å². The fourth-order valence-electron chi connectivity index (χ4n) is 5.12. The van der Waals surface area contributed by atoms with Crippen molar-refractivity contribution >= 4 is 11.0 Å². The van der Waals surface area contributed by atoms with Gasteiger partial charge in [0.05, 0.1) is 20.3 Å². The molecule has 0 bridgehead atoms. The minimum absolute atomic E-state index is 0.0249. The molecule has 0 spiro atoms. The summed E-state index contributed by atoms with van der Waals surface area (Å²) in [7, 11) is 1.22. The summed E-state index contributed by atoms with van der Waals surface area (Å²) in [6.45, 7) is -1.65. The number of benzene rings is 2. The molecule has 2 aliphatic heterocycles. The maximum Gasteiger partial charge on any atom is 0.239 e. The third-order valence-electron chi connectivity index (χ3n) is 7.56. The molecule has 3 heterocycles. The van der Waals surface area contributed by atoms with Gasteiger partial charge in [0.25, 0.3) is 0 Å². The number of hydrogen-bond acceptors (Lipinski definition) is 17. The molecular formula is C28H32O17. The standard InChI is InChI=1S/C28H32O17/c1-40-13-5-10(31)6-14-17(13)20(36)25(24(41-14)9-2-3-11(32)12(33)4-9)44-28-26(22(38)19(35)16(8-30)43-28)45-27-23(39)21(37)18(34)15(7-29)42-27/h2-6,15-16,18-19,21-23,26-35,37-39H,7-8H2,1H3/t15-,16-,18-,19-,21+,22+,23-,26-,27+,28+/m1/s1. The molecule has 0 saturated carbocycles. The van der Waals surface area contributed by atoms with Crippen LogP contribution in [0.1, 0.15) is 0 Å². The quantitative estimate of drug-likeness (QED) is 0.115. The second-order valence-corrected chi connectivity index (χ2v) is 10.4. The molecule has 2 fully saturated rings. The van der Waals surface area contributed by atoms with Crippen molar-refractivity contribution in [3.8, 4) is 40.1 Å². The predicted molar refractivity (Wildman–Crippen MR) is 146 cm³/mol. The molecule has 2 aromatic carbocycles. The van der Waals surface area contributed by atoms with Crippen molar-refractivity contribution in [3.05, 3.63) is 40.6 Å². The maximum atomic E-state index is 14.0. The van der Waals surface area contributed by atoms with Crippen LogP contribution >= 0.6 is 0 Å². The lowest BCUT2D eigenvalue weighted by Gasteiger charge is -2.45. The monoisotopic (exact) mass is 640 g/mol. The first-order chi connectivity index (χ1) is 21.4. The maximum absolute atomic E-state index is 14.0. The van der Waals surface area contributed by atoms with Crippen LogP contribution in [0.5, 0.6) is 28.7 Å². The van der Waals surface area contributed by atoms with Crippen LogP contribution in [0.3, 0.4) is 0 Å². The number of ether oxygens (including phenoxy) is 5. The van der Waals surface area contributed by atoms with Crippen molar-refractivity contribution < 1.29 is 79.2 Å². The van der Waals surface area contributed by atoms with Crippen molar-refractivity contribution in [2.75, 3.05) is 20.3 Å². The van der Waals surface area contributed by atoms with Gasteiger partial charge in [-0.1, -0.05) is 0 Å². The van der Waals surface area contributed by atoms with Crippen LogP contribution in [-0.4, -0.2) is 133 Å². The first-order valence-electron chi connectivity index (χ1n) is 13.5. The number of hydrogen-bond donors (Lipinski definition) is 10. The average molecular weight is 641 g/mol. The van der Waals surface area contributed by atoms with Crippen LogP contribution < -0.4 is 14.9 Å². The van der Waals surface area contributed by atoms with Crippen LogP contribution in [0.4, 0.5) is 0 Å². The Labute approximate surface area is 252 Å². The highest BCUT2D eigenvalue weighted by molar-refractivity contribution is 5.88. The first kappa shape index (κ1) is 32.6. The zero-order valence-electron chi connectivity index (χ0n) is 23.4. The zero-order chi connectivity index (χ0) is 32.7. The Balaban J connectivity index is 1.63. The van der Waals surface area contributed by atoms with Crippen LogP contribution in [0.2, 0.25) is 0 Å². The molecule has 0 amide bonds. The first-order valence-corrected chi connectivity index (χ1v) is 13.5. The van der Waals surface area contributed by atoms with Gasteiger partial charge < -0.3 is 79.2 Å². The summed E-state index contributed by atoms with van der Waals surface area (Å²) in [6, 6.07) is 5.61. The molecule has 3 aromatic rings. The van der Waals surface area contributed by atoms with Crippen molar-refractivity contribution in [2.45, 2.75) is 61.4 Å². The van der Waals surface area contributed by atoms with E-state index in [-0.39, 0.29) is 33.8 Å². The molecule has 45 heavy (non-hydrogen) atoms. The Morgan fingerprint density at radius 3 is 2.04 bits per heavy atom. The third-order valence-corrected chi connectivity index (χ3v) is 7.56. The van der Waals surface area contributed by atoms with E-state index in [1.165, 1.54) is 13.2 Å². The average Bonchev–Trinajstić information content (AvgIpc) is 3.02. The molecule has 2 saturated heterocycles. The van der Waals surface area contributed by atoms with Crippen LogP contribution in [-0.2, 0) is 14.2 Å². The van der Waals surface area contributed by atoms with E-state index in [4.69, 9.17) is 28.1 Å². The minimum Gasteiger partial charge on any atom is -0.508 e. The number of methoxy groups -OCH3 is 1. The molecule has 0 radical (unpaired) electrons. The summed E-state index contributed by atoms with van der Waals surface area (Å²) in [5.74, 6) is -2.61. The van der Waals surface area contributed by atoms with E-state index < -0.39 is 97.3 Å². The molecule has 17 heteroatoms. The molecule has 5 rings (SSSR count). The van der Waals surface area contributed by atoms with Gasteiger partial charge in [0.1, 0.15) is 65.2 Å². The molecular weight excluding hydrogens is 608 g/mol. The summed E-state index contributed by atoms with van der Waals surface area (Å²) in [6.07, 6.45) is -17.8. The van der Waals surface area contributed by atoms with Gasteiger partial charge in [0.15, 0.2) is 29.7 Å². The third kappa shape index (κ3) is 5.98. The molecule has 0 unspecified atom stereocenters. The Kier molecular flexibility index (Phi) is 9.38. The molecule has 17 nitrogen and oxygen atoms in total. The molecule has 10 N–H and O–H groups in total. The van der Waals surface area contributed by atoms with Crippen molar-refractivity contribution in [3.63, 3.8) is 0 Å². The summed E-state index contributed by atoms with van der Waals surface area (Å²) < 4.78 is 33.7. The van der Waals surface area contributed by atoms with Crippen molar-refractivity contribution in [1.29, 1.82) is 0 Å². The highest BCUT2D eigenvalue weighted by Gasteiger charge is 2.51. The molecule has 10 atom stereocenters. The number of aliphatic hydroxyl groups excluding tert-OH is 7.